The van der Waals surface area contributed by atoms with Crippen molar-refractivity contribution in [3.8, 4) is 11.5 Å². The number of benzene rings is 2. The number of hydrogen-bond donors (Lipinski definition) is 1. The van der Waals surface area contributed by atoms with E-state index in [1.807, 2.05) is 49.1 Å². The number of carbonyl (C=O) groups excluding carboxylic acids is 1. The Bertz CT molecular complexity index is 1010. The van der Waals surface area contributed by atoms with Crippen molar-refractivity contribution in [3.63, 3.8) is 0 Å². The molecule has 138 valence electrons. The maximum Gasteiger partial charge on any atom is 0.204 e. The van der Waals surface area contributed by atoms with Gasteiger partial charge in [0.05, 0.1) is 5.69 Å². The highest BCUT2D eigenvalue weighted by molar-refractivity contribution is 6.28. The summed E-state index contributed by atoms with van der Waals surface area (Å²) >= 11 is 0. The molecule has 2 aromatic carbocycles. The number of aliphatic imine (C=N–C) groups is 1. The average molecular weight is 364 g/mol. The molecule has 27 heavy (non-hydrogen) atoms. The van der Waals surface area contributed by atoms with E-state index in [0.717, 1.165) is 16.8 Å². The zero-order valence-electron chi connectivity index (χ0n) is 15.3. The Morgan fingerprint density at radius 1 is 1.07 bits per heavy atom. The van der Waals surface area contributed by atoms with Gasteiger partial charge in [-0.25, -0.2) is 4.99 Å². The number of nitrogens with zero attached hydrogens (tertiary/aromatic N) is 2. The third-order valence-electron chi connectivity index (χ3n) is 5.62. The summed E-state index contributed by atoms with van der Waals surface area (Å²) in [6.07, 6.45) is 0.311. The highest BCUT2D eigenvalue weighted by Gasteiger charge is 2.52. The van der Waals surface area contributed by atoms with E-state index in [4.69, 9.17) is 14.5 Å². The van der Waals surface area contributed by atoms with Gasteiger partial charge in [-0.2, -0.15) is 0 Å². The molecule has 3 aliphatic heterocycles. The van der Waals surface area contributed by atoms with Crippen molar-refractivity contribution in [2.75, 3.05) is 24.7 Å². The van der Waals surface area contributed by atoms with Crippen LogP contribution in [0.1, 0.15) is 27.9 Å². The minimum absolute atomic E-state index is 0.273. The topological polar surface area (TPSA) is 71.4 Å². The second kappa shape index (κ2) is 5.57. The Kier molecular flexibility index (Phi) is 3.37. The lowest BCUT2D eigenvalue weighted by Gasteiger charge is -2.30. The van der Waals surface area contributed by atoms with Crippen LogP contribution in [0.25, 0.3) is 0 Å². The van der Waals surface area contributed by atoms with E-state index >= 15 is 0 Å². The summed E-state index contributed by atoms with van der Waals surface area (Å²) in [6, 6.07) is 9.38. The number of ether oxygens (including phenoxy) is 2. The second-order valence-electron chi connectivity index (χ2n) is 7.31. The van der Waals surface area contributed by atoms with Crippen molar-refractivity contribution >= 4 is 23.0 Å². The average Bonchev–Trinajstić information content (AvgIpc) is 3.01. The molecule has 1 atom stereocenters. The molecular formula is C21H20N2O4. The Morgan fingerprint density at radius 2 is 1.81 bits per heavy atom. The Hall–Kier alpha value is -2.86. The number of carbonyl (C=O) groups is 1. The van der Waals surface area contributed by atoms with Gasteiger partial charge in [0.2, 0.25) is 5.78 Å². The predicted molar refractivity (Wildman–Crippen MR) is 102 cm³/mol. The molecule has 6 nitrogen and oxygen atoms in total. The SMILES string of the molecule is Cc1cc2c(cc1C)C(=O)[C@]1(O)CCN(c3ccc4c(c3)OCCO4)C1=N2. The van der Waals surface area contributed by atoms with Crippen LogP contribution in [0.5, 0.6) is 11.5 Å². The molecule has 0 spiro atoms. The Morgan fingerprint density at radius 3 is 2.63 bits per heavy atom. The van der Waals surface area contributed by atoms with E-state index in [9.17, 15) is 9.90 Å². The summed E-state index contributed by atoms with van der Waals surface area (Å²) in [6.45, 7) is 5.50. The highest BCUT2D eigenvalue weighted by atomic mass is 16.6. The minimum Gasteiger partial charge on any atom is -0.486 e. The molecule has 0 radical (unpaired) electrons. The molecule has 0 aromatic heterocycles. The molecule has 3 heterocycles. The maximum atomic E-state index is 13.1. The number of anilines is 1. The molecule has 5 rings (SSSR count). The van der Waals surface area contributed by atoms with Crippen LogP contribution in [-0.2, 0) is 0 Å². The van der Waals surface area contributed by atoms with Crippen LogP contribution in [0, 0.1) is 13.8 Å². The summed E-state index contributed by atoms with van der Waals surface area (Å²) in [5.74, 6) is 1.49. The molecule has 0 amide bonds. The zero-order chi connectivity index (χ0) is 18.8. The number of rotatable bonds is 1. The summed E-state index contributed by atoms with van der Waals surface area (Å²) in [4.78, 5) is 19.7. The van der Waals surface area contributed by atoms with E-state index in [2.05, 4.69) is 0 Å². The third kappa shape index (κ3) is 2.29. The highest BCUT2D eigenvalue weighted by Crippen LogP contribution is 2.42. The van der Waals surface area contributed by atoms with Gasteiger partial charge in [-0.3, -0.25) is 4.79 Å². The maximum absolute atomic E-state index is 13.1. The summed E-state index contributed by atoms with van der Waals surface area (Å²) in [7, 11) is 0. The fourth-order valence-electron chi connectivity index (χ4n) is 3.95. The fraction of sp³-hybridized carbons (Fsp3) is 0.333. The van der Waals surface area contributed by atoms with Crippen LogP contribution in [0.3, 0.4) is 0 Å². The summed E-state index contributed by atoms with van der Waals surface area (Å²) < 4.78 is 11.2. The van der Waals surface area contributed by atoms with Gasteiger partial charge < -0.3 is 19.5 Å². The van der Waals surface area contributed by atoms with E-state index in [1.165, 1.54) is 0 Å². The minimum atomic E-state index is -1.58. The molecule has 0 unspecified atom stereocenters. The number of hydrogen-bond acceptors (Lipinski definition) is 6. The van der Waals surface area contributed by atoms with Crippen LogP contribution in [0.4, 0.5) is 11.4 Å². The molecule has 1 N–H and O–H groups in total. The van der Waals surface area contributed by atoms with Gasteiger partial charge in [0.15, 0.2) is 17.1 Å². The quantitative estimate of drug-likeness (QED) is 0.842. The van der Waals surface area contributed by atoms with Crippen molar-refractivity contribution in [3.05, 3.63) is 47.0 Å². The van der Waals surface area contributed by atoms with Gasteiger partial charge >= 0.3 is 0 Å². The smallest absolute Gasteiger partial charge is 0.204 e. The van der Waals surface area contributed by atoms with Crippen molar-refractivity contribution in [2.24, 2.45) is 4.99 Å². The van der Waals surface area contributed by atoms with Gasteiger partial charge in [0.1, 0.15) is 19.0 Å². The molecular weight excluding hydrogens is 344 g/mol. The van der Waals surface area contributed by atoms with Crippen molar-refractivity contribution in [1.29, 1.82) is 0 Å². The lowest BCUT2D eigenvalue weighted by atomic mass is 9.86. The third-order valence-corrected chi connectivity index (χ3v) is 5.62. The van der Waals surface area contributed by atoms with Crippen molar-refractivity contribution < 1.29 is 19.4 Å². The monoisotopic (exact) mass is 364 g/mol. The molecule has 6 heteroatoms. The van der Waals surface area contributed by atoms with Crippen molar-refractivity contribution in [2.45, 2.75) is 25.9 Å². The Balaban J connectivity index is 1.62. The van der Waals surface area contributed by atoms with Gasteiger partial charge in [-0.1, -0.05) is 0 Å². The fourth-order valence-corrected chi connectivity index (χ4v) is 3.95. The van der Waals surface area contributed by atoms with E-state index < -0.39 is 5.60 Å². The molecule has 1 saturated heterocycles. The summed E-state index contributed by atoms with van der Waals surface area (Å²) in [5, 5.41) is 11.2. The number of fused-ring (bicyclic) bond motifs is 3. The predicted octanol–water partition coefficient (Wildman–Crippen LogP) is 2.94. The van der Waals surface area contributed by atoms with Crippen LogP contribution < -0.4 is 14.4 Å². The van der Waals surface area contributed by atoms with E-state index in [-0.39, 0.29) is 5.78 Å². The largest absolute Gasteiger partial charge is 0.486 e. The molecule has 0 aliphatic carbocycles. The number of aliphatic hydroxyl groups is 1. The first-order chi connectivity index (χ1) is 13.0. The molecule has 0 bridgehead atoms. The molecule has 2 aromatic rings. The molecule has 0 saturated carbocycles. The standard InChI is InChI=1S/C21H20N2O4/c1-12-9-15-16(10-13(12)2)22-20-21(25,19(15)24)5-6-23(20)14-3-4-17-18(11-14)27-8-7-26-17/h3-4,9-11,25H,5-8H2,1-2H3/t21-/m1/s1. The Labute approximate surface area is 157 Å². The number of ketones is 1. The van der Waals surface area contributed by atoms with Gasteiger partial charge in [0.25, 0.3) is 0 Å². The lowest BCUT2D eigenvalue weighted by Crippen LogP contribution is -2.48. The molecule has 3 aliphatic rings. The lowest BCUT2D eigenvalue weighted by molar-refractivity contribution is 0.0602. The van der Waals surface area contributed by atoms with Crippen LogP contribution >= 0.6 is 0 Å². The van der Waals surface area contributed by atoms with Crippen LogP contribution in [0.15, 0.2) is 35.3 Å². The first kappa shape index (κ1) is 16.3. The van der Waals surface area contributed by atoms with Gasteiger partial charge in [-0.15, -0.1) is 0 Å². The normalized spacial score (nSPS) is 23.0. The first-order valence-corrected chi connectivity index (χ1v) is 9.12. The number of Topliss-reactive ketones (excluding diaryl/α,β-unsaturated/α-hetero) is 1. The summed E-state index contributed by atoms with van der Waals surface area (Å²) in [5.41, 5.74) is 2.45. The van der Waals surface area contributed by atoms with Crippen LogP contribution in [0.2, 0.25) is 0 Å². The number of aryl methyl sites for hydroxylation is 2. The van der Waals surface area contributed by atoms with Crippen LogP contribution in [-0.4, -0.2) is 42.1 Å². The van der Waals surface area contributed by atoms with E-state index in [1.54, 1.807) is 0 Å². The first-order valence-electron chi connectivity index (χ1n) is 9.12. The molecule has 1 fully saturated rings. The van der Waals surface area contributed by atoms with Gasteiger partial charge in [0, 0.05) is 30.3 Å². The van der Waals surface area contributed by atoms with Crippen molar-refractivity contribution in [1.82, 2.24) is 0 Å². The van der Waals surface area contributed by atoms with Gasteiger partial charge in [-0.05, 0) is 49.2 Å². The second-order valence-corrected chi connectivity index (χ2v) is 7.31. The van der Waals surface area contributed by atoms with E-state index in [0.29, 0.717) is 54.8 Å². The number of amidine groups is 1. The zero-order valence-corrected chi connectivity index (χ0v) is 15.3.